The zero-order valence-corrected chi connectivity index (χ0v) is 6.29. The van der Waals surface area contributed by atoms with E-state index in [9.17, 15) is 0 Å². The van der Waals surface area contributed by atoms with Crippen LogP contribution in [0.1, 0.15) is 19.3 Å². The van der Waals surface area contributed by atoms with Crippen LogP contribution in [0, 0.1) is 5.92 Å². The largest absolute Gasteiger partial charge is 0.396 e. The van der Waals surface area contributed by atoms with Crippen molar-refractivity contribution >= 4 is 0 Å². The van der Waals surface area contributed by atoms with Gasteiger partial charge in [0.2, 0.25) is 0 Å². The highest BCUT2D eigenvalue weighted by Crippen LogP contribution is 2.27. The van der Waals surface area contributed by atoms with Crippen molar-refractivity contribution in [1.29, 1.82) is 0 Å². The lowest BCUT2D eigenvalue weighted by Crippen LogP contribution is -1.78. The van der Waals surface area contributed by atoms with Gasteiger partial charge in [0.1, 0.15) is 0 Å². The van der Waals surface area contributed by atoms with E-state index in [-0.39, 0.29) is 6.61 Å². The molecule has 0 unspecified atom stereocenters. The molecule has 1 rings (SSSR count). The number of aliphatic hydroxyl groups excluding tert-OH is 2. The highest BCUT2D eigenvalue weighted by Gasteiger charge is 2.18. The summed E-state index contributed by atoms with van der Waals surface area (Å²) in [7, 11) is 0. The quantitative estimate of drug-likeness (QED) is 0.579. The summed E-state index contributed by atoms with van der Waals surface area (Å²) in [5, 5.41) is 16.2. The van der Waals surface area contributed by atoms with Crippen LogP contribution in [-0.2, 0) is 0 Å². The van der Waals surface area contributed by atoms with Gasteiger partial charge < -0.3 is 10.2 Å². The Labute approximate surface area is 62.2 Å². The molecule has 2 N–H and O–H groups in total. The van der Waals surface area contributed by atoms with Crippen LogP contribution in [-0.4, -0.2) is 23.4 Å². The van der Waals surface area contributed by atoms with E-state index >= 15 is 0 Å². The van der Waals surface area contributed by atoms with Gasteiger partial charge >= 0.3 is 0 Å². The van der Waals surface area contributed by atoms with E-state index in [0.717, 1.165) is 0 Å². The van der Waals surface area contributed by atoms with Crippen molar-refractivity contribution in [3.8, 4) is 0 Å². The summed E-state index contributed by atoms with van der Waals surface area (Å²) < 4.78 is 0. The Bertz CT molecular complexity index is 77.3. The molecule has 0 bridgehead atoms. The van der Waals surface area contributed by atoms with Crippen LogP contribution in [0.25, 0.3) is 0 Å². The fraction of sp³-hybridized carbons (Fsp3) is 0.750. The van der Waals surface area contributed by atoms with Crippen molar-refractivity contribution in [3.05, 3.63) is 12.7 Å². The number of aliphatic hydroxyl groups is 2. The number of hydrogen-bond donors (Lipinski definition) is 2. The first kappa shape index (κ1) is 9.66. The standard InChI is InChI=1S/2C4H8O/c5-3-4-1-2-4;1-2-3-4-5/h4-5H,1-3H2;2,5H,1,3-4H2. The maximum absolute atomic E-state index is 8.21. The van der Waals surface area contributed by atoms with Crippen LogP contribution in [0.4, 0.5) is 0 Å². The lowest BCUT2D eigenvalue weighted by molar-refractivity contribution is 0.277. The molecule has 2 heteroatoms. The van der Waals surface area contributed by atoms with Gasteiger partial charge in [-0.1, -0.05) is 6.08 Å². The van der Waals surface area contributed by atoms with Crippen molar-refractivity contribution in [2.75, 3.05) is 13.2 Å². The van der Waals surface area contributed by atoms with E-state index < -0.39 is 0 Å². The predicted molar refractivity (Wildman–Crippen MR) is 41.7 cm³/mol. The molecule has 0 atom stereocenters. The third-order valence-corrected chi connectivity index (χ3v) is 1.29. The molecule has 1 fully saturated rings. The zero-order valence-electron chi connectivity index (χ0n) is 6.29. The Morgan fingerprint density at radius 1 is 1.40 bits per heavy atom. The Kier molecular flexibility index (Phi) is 6.55. The molecular formula is C8H16O2. The van der Waals surface area contributed by atoms with Gasteiger partial charge in [0.15, 0.2) is 0 Å². The number of hydrogen-bond acceptors (Lipinski definition) is 2. The molecule has 0 amide bonds. The minimum Gasteiger partial charge on any atom is -0.396 e. The van der Waals surface area contributed by atoms with E-state index in [1.54, 1.807) is 6.08 Å². The predicted octanol–water partition coefficient (Wildman–Crippen LogP) is 0.944. The first-order valence-corrected chi connectivity index (χ1v) is 3.67. The average Bonchev–Trinajstić information content (AvgIpc) is 2.72. The fourth-order valence-electron chi connectivity index (χ4n) is 0.392. The molecule has 2 nitrogen and oxygen atoms in total. The van der Waals surface area contributed by atoms with Crippen LogP contribution in [0.2, 0.25) is 0 Å². The van der Waals surface area contributed by atoms with E-state index in [1.807, 2.05) is 0 Å². The van der Waals surface area contributed by atoms with Gasteiger partial charge in [0, 0.05) is 13.2 Å². The molecule has 10 heavy (non-hydrogen) atoms. The molecule has 0 aromatic rings. The van der Waals surface area contributed by atoms with Crippen molar-refractivity contribution in [2.24, 2.45) is 5.92 Å². The van der Waals surface area contributed by atoms with Gasteiger partial charge in [-0.05, 0) is 25.2 Å². The van der Waals surface area contributed by atoms with Crippen LogP contribution < -0.4 is 0 Å². The topological polar surface area (TPSA) is 40.5 Å². The molecule has 0 saturated heterocycles. The third kappa shape index (κ3) is 7.66. The Hall–Kier alpha value is -0.340. The van der Waals surface area contributed by atoms with Gasteiger partial charge in [-0.25, -0.2) is 0 Å². The SMILES string of the molecule is C=CCCO.OCC1CC1. The van der Waals surface area contributed by atoms with Gasteiger partial charge in [0.25, 0.3) is 0 Å². The molecule has 0 spiro atoms. The van der Waals surface area contributed by atoms with Gasteiger partial charge in [-0.2, -0.15) is 0 Å². The summed E-state index contributed by atoms with van der Waals surface area (Å²) in [6.07, 6.45) is 4.91. The second kappa shape index (κ2) is 6.78. The minimum absolute atomic E-state index is 0.226. The first-order valence-electron chi connectivity index (χ1n) is 3.67. The molecular weight excluding hydrogens is 128 g/mol. The lowest BCUT2D eigenvalue weighted by Gasteiger charge is -1.73. The average molecular weight is 144 g/mol. The van der Waals surface area contributed by atoms with E-state index in [0.29, 0.717) is 18.9 Å². The van der Waals surface area contributed by atoms with Gasteiger partial charge in [-0.3, -0.25) is 0 Å². The molecule has 1 saturated carbocycles. The third-order valence-electron chi connectivity index (χ3n) is 1.29. The molecule has 0 heterocycles. The van der Waals surface area contributed by atoms with Crippen molar-refractivity contribution in [1.82, 2.24) is 0 Å². The van der Waals surface area contributed by atoms with E-state index in [2.05, 4.69) is 6.58 Å². The van der Waals surface area contributed by atoms with Gasteiger partial charge in [-0.15, -0.1) is 6.58 Å². The highest BCUT2D eigenvalue weighted by molar-refractivity contribution is 4.70. The summed E-state index contributed by atoms with van der Waals surface area (Å²) in [6.45, 7) is 4.03. The van der Waals surface area contributed by atoms with Crippen LogP contribution in [0.15, 0.2) is 12.7 Å². The molecule has 1 aliphatic rings. The molecule has 1 aliphatic carbocycles. The summed E-state index contributed by atoms with van der Waals surface area (Å²) in [4.78, 5) is 0. The van der Waals surface area contributed by atoms with Crippen LogP contribution in [0.3, 0.4) is 0 Å². The molecule has 0 aliphatic heterocycles. The van der Waals surface area contributed by atoms with Crippen molar-refractivity contribution < 1.29 is 10.2 Å². The Morgan fingerprint density at radius 2 is 2.00 bits per heavy atom. The zero-order chi connectivity index (χ0) is 7.82. The first-order chi connectivity index (χ1) is 4.85. The smallest absolute Gasteiger partial charge is 0.0465 e. The summed E-state index contributed by atoms with van der Waals surface area (Å²) >= 11 is 0. The molecule has 60 valence electrons. The maximum atomic E-state index is 8.21. The second-order valence-corrected chi connectivity index (χ2v) is 2.43. The molecule has 0 radical (unpaired) electrons. The molecule has 0 aromatic carbocycles. The second-order valence-electron chi connectivity index (χ2n) is 2.43. The van der Waals surface area contributed by atoms with Crippen molar-refractivity contribution in [2.45, 2.75) is 19.3 Å². The monoisotopic (exact) mass is 144 g/mol. The van der Waals surface area contributed by atoms with E-state index in [4.69, 9.17) is 10.2 Å². The maximum Gasteiger partial charge on any atom is 0.0465 e. The Morgan fingerprint density at radius 3 is 2.00 bits per heavy atom. The Balaban J connectivity index is 0.000000162. The summed E-state index contributed by atoms with van der Waals surface area (Å²) in [5.74, 6) is 0.690. The van der Waals surface area contributed by atoms with Crippen molar-refractivity contribution in [3.63, 3.8) is 0 Å². The van der Waals surface area contributed by atoms with Crippen LogP contribution in [0.5, 0.6) is 0 Å². The molecule has 0 aromatic heterocycles. The van der Waals surface area contributed by atoms with Gasteiger partial charge in [0.05, 0.1) is 0 Å². The van der Waals surface area contributed by atoms with E-state index in [1.165, 1.54) is 12.8 Å². The van der Waals surface area contributed by atoms with Crippen LogP contribution >= 0.6 is 0 Å². The summed E-state index contributed by atoms with van der Waals surface area (Å²) in [6, 6.07) is 0. The summed E-state index contributed by atoms with van der Waals surface area (Å²) in [5.41, 5.74) is 0. The minimum atomic E-state index is 0.226. The normalized spacial score (nSPS) is 15.4. The highest BCUT2D eigenvalue weighted by atomic mass is 16.3. The number of rotatable bonds is 3. The fourth-order valence-corrected chi connectivity index (χ4v) is 0.392. The lowest BCUT2D eigenvalue weighted by atomic mass is 10.5.